The number of hydrogen-bond donors (Lipinski definition) is 2. The topological polar surface area (TPSA) is 57.5 Å². The number of hydrogen-bond acceptors (Lipinski definition) is 2. The second-order valence-corrected chi connectivity index (χ2v) is 8.48. The Balaban J connectivity index is 3.44. The van der Waals surface area contributed by atoms with Crippen LogP contribution in [-0.4, -0.2) is 16.2 Å². The van der Waals surface area contributed by atoms with Crippen molar-refractivity contribution in [2.45, 2.75) is 71.6 Å². The second-order valence-electron chi connectivity index (χ2n) is 8.48. The third kappa shape index (κ3) is 4.60. The molecule has 0 aliphatic heterocycles. The lowest BCUT2D eigenvalue weighted by atomic mass is 9.76. The molecule has 1 unspecified atom stereocenters. The number of benzene rings is 1. The molecule has 0 saturated heterocycles. The Morgan fingerprint density at radius 1 is 1.09 bits per heavy atom. The van der Waals surface area contributed by atoms with Gasteiger partial charge in [0.1, 0.15) is 5.75 Å². The molecule has 0 saturated carbocycles. The quantitative estimate of drug-likeness (QED) is 0.757. The number of phenols is 1. The van der Waals surface area contributed by atoms with Crippen LogP contribution >= 0.6 is 0 Å². The average molecular weight is 318 g/mol. The van der Waals surface area contributed by atoms with Crippen LogP contribution in [0.5, 0.6) is 5.75 Å². The standard InChI is InChI=1S/C20H30O3/c1-12(9-13(2)18(22)23)14-10-15(19(3,4)5)17(21)16(11-14)20(6,7)8/h10-12,21H,2,9H2,1,3-8H3,(H,22,23). The fourth-order valence-corrected chi connectivity index (χ4v) is 2.66. The van der Waals surface area contributed by atoms with Crippen molar-refractivity contribution >= 4 is 5.97 Å². The van der Waals surface area contributed by atoms with Crippen molar-refractivity contribution in [1.82, 2.24) is 0 Å². The highest BCUT2D eigenvalue weighted by molar-refractivity contribution is 5.85. The summed E-state index contributed by atoms with van der Waals surface area (Å²) in [5, 5.41) is 19.8. The minimum Gasteiger partial charge on any atom is -0.507 e. The Labute approximate surface area is 140 Å². The SMILES string of the molecule is C=C(CC(C)c1cc(C(C)(C)C)c(O)c(C(C)(C)C)c1)C(=O)O. The molecule has 1 aromatic carbocycles. The Bertz CT molecular complexity index is 578. The summed E-state index contributed by atoms with van der Waals surface area (Å²) in [7, 11) is 0. The van der Waals surface area contributed by atoms with E-state index in [2.05, 4.69) is 48.1 Å². The molecule has 2 N–H and O–H groups in total. The molecule has 1 rings (SSSR count). The van der Waals surface area contributed by atoms with E-state index >= 15 is 0 Å². The number of carbonyl (C=O) groups is 1. The van der Waals surface area contributed by atoms with E-state index in [4.69, 9.17) is 5.11 Å². The first-order valence-electron chi connectivity index (χ1n) is 8.04. The van der Waals surface area contributed by atoms with Crippen LogP contribution in [-0.2, 0) is 15.6 Å². The summed E-state index contributed by atoms with van der Waals surface area (Å²) in [6.45, 7) is 18.0. The molecule has 1 aromatic rings. The fraction of sp³-hybridized carbons (Fsp3) is 0.550. The van der Waals surface area contributed by atoms with E-state index in [1.165, 1.54) is 0 Å². The van der Waals surface area contributed by atoms with E-state index < -0.39 is 5.97 Å². The normalized spacial score (nSPS) is 13.7. The molecule has 0 aliphatic carbocycles. The maximum atomic E-state index is 11.0. The molecular weight excluding hydrogens is 288 g/mol. The van der Waals surface area contributed by atoms with E-state index in [1.54, 1.807) is 0 Å². The summed E-state index contributed by atoms with van der Waals surface area (Å²) >= 11 is 0. The number of carboxylic acid groups (broad SMARTS) is 1. The van der Waals surface area contributed by atoms with E-state index in [9.17, 15) is 9.90 Å². The maximum absolute atomic E-state index is 11.0. The highest BCUT2D eigenvalue weighted by Gasteiger charge is 2.27. The summed E-state index contributed by atoms with van der Waals surface area (Å²) in [5.41, 5.74) is 2.66. The van der Waals surface area contributed by atoms with Gasteiger partial charge >= 0.3 is 5.97 Å². The molecule has 0 spiro atoms. The van der Waals surface area contributed by atoms with Gasteiger partial charge in [-0.2, -0.15) is 0 Å². The molecule has 23 heavy (non-hydrogen) atoms. The molecule has 0 heterocycles. The third-order valence-corrected chi connectivity index (χ3v) is 4.17. The van der Waals surface area contributed by atoms with Crippen LogP contribution in [0.15, 0.2) is 24.3 Å². The minimum atomic E-state index is -0.956. The molecule has 0 amide bonds. The highest BCUT2D eigenvalue weighted by atomic mass is 16.4. The van der Waals surface area contributed by atoms with Crippen molar-refractivity contribution in [2.24, 2.45) is 0 Å². The van der Waals surface area contributed by atoms with Crippen LogP contribution in [0.2, 0.25) is 0 Å². The highest BCUT2D eigenvalue weighted by Crippen LogP contribution is 2.41. The van der Waals surface area contributed by atoms with Crippen molar-refractivity contribution in [3.63, 3.8) is 0 Å². The van der Waals surface area contributed by atoms with Gasteiger partial charge in [-0.05, 0) is 39.9 Å². The number of aromatic hydroxyl groups is 1. The first kappa shape index (κ1) is 19.3. The van der Waals surface area contributed by atoms with Gasteiger partial charge in [-0.1, -0.05) is 67.2 Å². The summed E-state index contributed by atoms with van der Waals surface area (Å²) in [6.07, 6.45) is 0.396. The maximum Gasteiger partial charge on any atom is 0.330 e. The van der Waals surface area contributed by atoms with E-state index in [0.29, 0.717) is 12.2 Å². The predicted molar refractivity (Wildman–Crippen MR) is 95.3 cm³/mol. The van der Waals surface area contributed by atoms with Gasteiger partial charge in [0.2, 0.25) is 0 Å². The zero-order chi connectivity index (χ0) is 18.2. The van der Waals surface area contributed by atoms with Gasteiger partial charge < -0.3 is 10.2 Å². The van der Waals surface area contributed by atoms with Gasteiger partial charge in [-0.25, -0.2) is 4.79 Å². The minimum absolute atomic E-state index is 0.0291. The van der Waals surface area contributed by atoms with Crippen LogP contribution in [0.3, 0.4) is 0 Å². The first-order valence-corrected chi connectivity index (χ1v) is 8.04. The molecule has 128 valence electrons. The predicted octanol–water partition coefficient (Wildman–Crippen LogP) is 5.12. The van der Waals surface area contributed by atoms with Crippen molar-refractivity contribution in [1.29, 1.82) is 0 Å². The monoisotopic (exact) mass is 318 g/mol. The van der Waals surface area contributed by atoms with E-state index in [0.717, 1.165) is 16.7 Å². The molecule has 0 aliphatic rings. The molecule has 1 atom stereocenters. The number of phenolic OH excluding ortho intramolecular Hbond substituents is 1. The largest absolute Gasteiger partial charge is 0.507 e. The Morgan fingerprint density at radius 2 is 1.48 bits per heavy atom. The lowest BCUT2D eigenvalue weighted by molar-refractivity contribution is -0.132. The van der Waals surface area contributed by atoms with E-state index in [-0.39, 0.29) is 22.3 Å². The van der Waals surface area contributed by atoms with Crippen molar-refractivity contribution in [3.8, 4) is 5.75 Å². The summed E-state index contributed by atoms with van der Waals surface area (Å²) in [6, 6.07) is 4.01. The van der Waals surface area contributed by atoms with E-state index in [1.807, 2.05) is 19.1 Å². The third-order valence-electron chi connectivity index (χ3n) is 4.17. The van der Waals surface area contributed by atoms with Crippen LogP contribution in [0.1, 0.15) is 77.5 Å². The number of rotatable bonds is 4. The van der Waals surface area contributed by atoms with Crippen molar-refractivity contribution < 1.29 is 15.0 Å². The summed E-state index contributed by atoms with van der Waals surface area (Å²) in [5.74, 6) is -0.581. The van der Waals surface area contributed by atoms with Crippen LogP contribution in [0.4, 0.5) is 0 Å². The van der Waals surface area contributed by atoms with Gasteiger partial charge in [0.25, 0.3) is 0 Å². The van der Waals surface area contributed by atoms with Crippen LogP contribution in [0, 0.1) is 0 Å². The molecular formula is C20H30O3. The molecule has 0 radical (unpaired) electrons. The molecule has 3 heteroatoms. The summed E-state index contributed by atoms with van der Waals surface area (Å²) < 4.78 is 0. The van der Waals surface area contributed by atoms with Gasteiger partial charge in [0.15, 0.2) is 0 Å². The van der Waals surface area contributed by atoms with Crippen molar-refractivity contribution in [3.05, 3.63) is 41.0 Å². The molecule has 0 aromatic heterocycles. The molecule has 0 fully saturated rings. The Hall–Kier alpha value is -1.77. The second kappa shape index (κ2) is 6.38. The average Bonchev–Trinajstić information content (AvgIpc) is 2.35. The summed E-state index contributed by atoms with van der Waals surface area (Å²) in [4.78, 5) is 11.0. The van der Waals surface area contributed by atoms with Gasteiger partial charge in [-0.15, -0.1) is 0 Å². The molecule has 3 nitrogen and oxygen atoms in total. The fourth-order valence-electron chi connectivity index (χ4n) is 2.66. The zero-order valence-corrected chi connectivity index (χ0v) is 15.4. The first-order chi connectivity index (χ1) is 10.2. The molecule has 0 bridgehead atoms. The Kier molecular flexibility index (Phi) is 5.35. The van der Waals surface area contributed by atoms with Crippen LogP contribution < -0.4 is 0 Å². The lowest BCUT2D eigenvalue weighted by Crippen LogP contribution is -2.18. The van der Waals surface area contributed by atoms with Gasteiger partial charge in [0.05, 0.1) is 0 Å². The number of carboxylic acids is 1. The van der Waals surface area contributed by atoms with Gasteiger partial charge in [-0.3, -0.25) is 0 Å². The zero-order valence-electron chi connectivity index (χ0n) is 15.4. The smallest absolute Gasteiger partial charge is 0.330 e. The number of aliphatic carboxylic acids is 1. The van der Waals surface area contributed by atoms with Crippen LogP contribution in [0.25, 0.3) is 0 Å². The lowest BCUT2D eigenvalue weighted by Gasteiger charge is -2.29. The van der Waals surface area contributed by atoms with Crippen molar-refractivity contribution in [2.75, 3.05) is 0 Å². The van der Waals surface area contributed by atoms with Gasteiger partial charge in [0, 0.05) is 5.57 Å². The Morgan fingerprint density at radius 3 is 1.78 bits per heavy atom.